The van der Waals surface area contributed by atoms with Crippen LogP contribution in [0.2, 0.25) is 0 Å². The average molecular weight is 173 g/mol. The van der Waals surface area contributed by atoms with Crippen LogP contribution in [-0.2, 0) is 14.4 Å². The van der Waals surface area contributed by atoms with Crippen molar-refractivity contribution in [3.63, 3.8) is 0 Å². The Morgan fingerprint density at radius 2 is 2.50 bits per heavy atom. The second-order valence-corrected chi connectivity index (χ2v) is 2.63. The molecule has 1 saturated heterocycles. The van der Waals surface area contributed by atoms with Crippen LogP contribution in [0.3, 0.4) is 0 Å². The summed E-state index contributed by atoms with van der Waals surface area (Å²) in [7, 11) is 0. The number of carbonyl (C=O) groups excluding carboxylic acids is 1. The van der Waals surface area contributed by atoms with Crippen molar-refractivity contribution in [2.75, 3.05) is 26.4 Å². The van der Waals surface area contributed by atoms with Crippen molar-refractivity contribution in [1.82, 2.24) is 5.06 Å². The number of hydrogen-bond acceptors (Lipinski definition) is 3. The average Bonchev–Trinajstić information content (AvgIpc) is 2.56. The number of hydrogen-bond donors (Lipinski definition) is 0. The molecule has 70 valence electrons. The Kier molecular flexibility index (Phi) is 4.04. The minimum Gasteiger partial charge on any atom is -0.381 e. The molecule has 1 aliphatic heterocycles. The molecular weight excluding hydrogens is 158 g/mol. The van der Waals surface area contributed by atoms with Crippen LogP contribution in [0.1, 0.15) is 19.8 Å². The molecule has 0 aromatic rings. The second-order valence-electron chi connectivity index (χ2n) is 2.63. The number of ether oxygens (including phenoxy) is 1. The third kappa shape index (κ3) is 2.79. The monoisotopic (exact) mass is 173 g/mol. The zero-order chi connectivity index (χ0) is 8.81. The van der Waals surface area contributed by atoms with Crippen molar-refractivity contribution < 1.29 is 14.4 Å². The van der Waals surface area contributed by atoms with E-state index in [0.29, 0.717) is 26.2 Å². The smallest absolute Gasteiger partial charge is 0.248 e. The van der Waals surface area contributed by atoms with Crippen molar-refractivity contribution in [3.05, 3.63) is 0 Å². The maximum absolute atomic E-state index is 11.2. The maximum atomic E-state index is 11.2. The standard InChI is InChI=1S/C8H15NO3/c1-2-11-7-4-8(10)9-5-3-6-12-9/h2-7H2,1H3. The van der Waals surface area contributed by atoms with Gasteiger partial charge in [0.2, 0.25) is 5.91 Å². The van der Waals surface area contributed by atoms with E-state index in [4.69, 9.17) is 9.57 Å². The Morgan fingerprint density at radius 3 is 3.08 bits per heavy atom. The number of hydroxylamine groups is 2. The van der Waals surface area contributed by atoms with E-state index < -0.39 is 0 Å². The number of amides is 1. The Hall–Kier alpha value is -0.610. The van der Waals surface area contributed by atoms with Gasteiger partial charge in [-0.05, 0) is 13.3 Å². The number of carbonyl (C=O) groups is 1. The third-order valence-corrected chi connectivity index (χ3v) is 1.70. The summed E-state index contributed by atoms with van der Waals surface area (Å²) in [5.41, 5.74) is 0. The summed E-state index contributed by atoms with van der Waals surface area (Å²) in [4.78, 5) is 16.3. The molecule has 0 bridgehead atoms. The van der Waals surface area contributed by atoms with Crippen LogP contribution in [0.5, 0.6) is 0 Å². The molecule has 0 spiro atoms. The highest BCUT2D eigenvalue weighted by atomic mass is 16.7. The van der Waals surface area contributed by atoms with Crippen molar-refractivity contribution in [2.24, 2.45) is 0 Å². The van der Waals surface area contributed by atoms with Crippen LogP contribution >= 0.6 is 0 Å². The SMILES string of the molecule is CCOCCC(=O)N1CCCO1. The third-order valence-electron chi connectivity index (χ3n) is 1.70. The van der Waals surface area contributed by atoms with Gasteiger partial charge in [-0.25, -0.2) is 5.06 Å². The molecule has 0 aromatic heterocycles. The molecule has 1 heterocycles. The first-order valence-corrected chi connectivity index (χ1v) is 4.35. The first-order chi connectivity index (χ1) is 5.84. The van der Waals surface area contributed by atoms with Crippen molar-refractivity contribution in [3.8, 4) is 0 Å². The van der Waals surface area contributed by atoms with E-state index in [1.807, 2.05) is 6.92 Å². The molecule has 0 aliphatic carbocycles. The minimum atomic E-state index is 0.0287. The van der Waals surface area contributed by atoms with Gasteiger partial charge >= 0.3 is 0 Å². The zero-order valence-corrected chi connectivity index (χ0v) is 7.41. The second kappa shape index (κ2) is 5.11. The van der Waals surface area contributed by atoms with Crippen LogP contribution in [0.4, 0.5) is 0 Å². The molecule has 0 atom stereocenters. The Labute approximate surface area is 72.4 Å². The summed E-state index contributed by atoms with van der Waals surface area (Å²) in [5, 5.41) is 1.43. The quantitative estimate of drug-likeness (QED) is 0.584. The van der Waals surface area contributed by atoms with Crippen LogP contribution in [0.15, 0.2) is 0 Å². The number of nitrogens with zero attached hydrogens (tertiary/aromatic N) is 1. The molecule has 12 heavy (non-hydrogen) atoms. The van der Waals surface area contributed by atoms with Gasteiger partial charge in [0.15, 0.2) is 0 Å². The lowest BCUT2D eigenvalue weighted by Gasteiger charge is -2.13. The van der Waals surface area contributed by atoms with Crippen LogP contribution in [0, 0.1) is 0 Å². The van der Waals surface area contributed by atoms with Gasteiger partial charge in [-0.15, -0.1) is 0 Å². The van der Waals surface area contributed by atoms with E-state index in [2.05, 4.69) is 0 Å². The molecule has 4 nitrogen and oxygen atoms in total. The molecule has 1 rings (SSSR count). The van der Waals surface area contributed by atoms with Gasteiger partial charge in [0.25, 0.3) is 0 Å². The molecule has 1 aliphatic rings. The fourth-order valence-electron chi connectivity index (χ4n) is 1.07. The van der Waals surface area contributed by atoms with Crippen molar-refractivity contribution in [1.29, 1.82) is 0 Å². The lowest BCUT2D eigenvalue weighted by molar-refractivity contribution is -0.169. The molecule has 1 amide bonds. The maximum Gasteiger partial charge on any atom is 0.248 e. The summed E-state index contributed by atoms with van der Waals surface area (Å²) < 4.78 is 5.06. The van der Waals surface area contributed by atoms with E-state index in [-0.39, 0.29) is 5.91 Å². The lowest BCUT2D eigenvalue weighted by Crippen LogP contribution is -2.27. The first kappa shape index (κ1) is 9.48. The summed E-state index contributed by atoms with van der Waals surface area (Å²) in [6.07, 6.45) is 1.37. The normalized spacial score (nSPS) is 16.9. The van der Waals surface area contributed by atoms with Gasteiger partial charge in [-0.1, -0.05) is 0 Å². The summed E-state index contributed by atoms with van der Waals surface area (Å²) in [6.45, 7) is 4.46. The van der Waals surface area contributed by atoms with E-state index >= 15 is 0 Å². The molecule has 0 radical (unpaired) electrons. The van der Waals surface area contributed by atoms with E-state index in [1.54, 1.807) is 0 Å². The van der Waals surface area contributed by atoms with Crippen molar-refractivity contribution >= 4 is 5.91 Å². The fraction of sp³-hybridized carbons (Fsp3) is 0.875. The molecule has 0 aromatic carbocycles. The molecule has 0 N–H and O–H groups in total. The van der Waals surface area contributed by atoms with Gasteiger partial charge in [-0.2, -0.15) is 0 Å². The largest absolute Gasteiger partial charge is 0.381 e. The summed E-state index contributed by atoms with van der Waals surface area (Å²) in [5.74, 6) is 0.0287. The van der Waals surface area contributed by atoms with Gasteiger partial charge in [0.05, 0.1) is 26.2 Å². The van der Waals surface area contributed by atoms with Gasteiger partial charge in [0, 0.05) is 6.61 Å². The molecule has 0 unspecified atom stereocenters. The molecule has 4 heteroatoms. The highest BCUT2D eigenvalue weighted by molar-refractivity contribution is 5.75. The summed E-state index contributed by atoms with van der Waals surface area (Å²) in [6, 6.07) is 0. The van der Waals surface area contributed by atoms with Crippen LogP contribution < -0.4 is 0 Å². The highest BCUT2D eigenvalue weighted by Crippen LogP contribution is 2.05. The van der Waals surface area contributed by atoms with E-state index in [0.717, 1.165) is 13.0 Å². The topological polar surface area (TPSA) is 38.8 Å². The minimum absolute atomic E-state index is 0.0287. The highest BCUT2D eigenvalue weighted by Gasteiger charge is 2.18. The molecule has 0 saturated carbocycles. The number of rotatable bonds is 4. The Morgan fingerprint density at radius 1 is 1.67 bits per heavy atom. The van der Waals surface area contributed by atoms with Crippen molar-refractivity contribution in [2.45, 2.75) is 19.8 Å². The van der Waals surface area contributed by atoms with Crippen LogP contribution in [0.25, 0.3) is 0 Å². The van der Waals surface area contributed by atoms with Crippen LogP contribution in [-0.4, -0.2) is 37.3 Å². The van der Waals surface area contributed by atoms with Gasteiger partial charge < -0.3 is 4.74 Å². The van der Waals surface area contributed by atoms with E-state index in [9.17, 15) is 4.79 Å². The Bertz CT molecular complexity index is 143. The zero-order valence-electron chi connectivity index (χ0n) is 7.41. The predicted molar refractivity (Wildman–Crippen MR) is 43.4 cm³/mol. The van der Waals surface area contributed by atoms with E-state index in [1.165, 1.54) is 5.06 Å². The Balaban J connectivity index is 2.10. The van der Waals surface area contributed by atoms with Gasteiger partial charge in [-0.3, -0.25) is 9.63 Å². The molecule has 1 fully saturated rings. The first-order valence-electron chi connectivity index (χ1n) is 4.35. The predicted octanol–water partition coefficient (Wildman–Crippen LogP) is 0.577. The molecular formula is C8H15NO3. The lowest BCUT2D eigenvalue weighted by atomic mass is 10.4. The fourth-order valence-corrected chi connectivity index (χ4v) is 1.07. The summed E-state index contributed by atoms with van der Waals surface area (Å²) >= 11 is 0. The van der Waals surface area contributed by atoms with Gasteiger partial charge in [0.1, 0.15) is 0 Å².